The highest BCUT2D eigenvalue weighted by Gasteiger charge is 2.11. The Kier molecular flexibility index (Phi) is 5.30. The fourth-order valence-corrected chi connectivity index (χ4v) is 3.07. The lowest BCUT2D eigenvalue weighted by Crippen LogP contribution is -2.09. The van der Waals surface area contributed by atoms with Gasteiger partial charge in [0, 0.05) is 47.2 Å². The number of anilines is 1. The lowest BCUT2D eigenvalue weighted by molar-refractivity contribution is 0.259. The van der Waals surface area contributed by atoms with Gasteiger partial charge in [-0.05, 0) is 36.8 Å². The van der Waals surface area contributed by atoms with Crippen LogP contribution < -0.4 is 5.32 Å². The van der Waals surface area contributed by atoms with Crippen LogP contribution >= 0.6 is 0 Å². The number of H-pyrrole nitrogens is 1. The minimum Gasteiger partial charge on any atom is -0.290 e. The molecule has 2 N–H and O–H groups in total. The molecular formula is C22H19FN6O. The summed E-state index contributed by atoms with van der Waals surface area (Å²) in [5.41, 5.74) is 4.21. The number of carbonyl (C=O) groups is 1. The average Bonchev–Trinajstić information content (AvgIpc) is 3.16. The molecule has 1 atom stereocenters. The smallest absolute Gasteiger partial charge is 0.290 e. The number of carbonyl (C=O) groups excluding carboxylic acids is 1. The first-order chi connectivity index (χ1) is 14.5. The number of amides is 2. The van der Waals surface area contributed by atoms with E-state index in [-0.39, 0.29) is 11.7 Å². The third-order valence-corrected chi connectivity index (χ3v) is 4.66. The topological polar surface area (TPSA) is 95.9 Å². The number of aliphatic imine (C=N–C) groups is 1. The summed E-state index contributed by atoms with van der Waals surface area (Å²) in [6.07, 6.45) is 4.91. The van der Waals surface area contributed by atoms with E-state index in [1.165, 1.54) is 18.3 Å². The molecule has 0 aliphatic rings. The van der Waals surface area contributed by atoms with Crippen molar-refractivity contribution in [3.63, 3.8) is 0 Å². The van der Waals surface area contributed by atoms with Gasteiger partial charge in [0.1, 0.15) is 17.3 Å². The number of aromatic nitrogens is 4. The van der Waals surface area contributed by atoms with Gasteiger partial charge in [-0.2, -0.15) is 5.10 Å². The zero-order chi connectivity index (χ0) is 21.1. The largest absolute Gasteiger partial charge is 0.346 e. The quantitative estimate of drug-likeness (QED) is 0.476. The molecule has 1 unspecified atom stereocenters. The van der Waals surface area contributed by atoms with Crippen LogP contribution in [0.3, 0.4) is 0 Å². The van der Waals surface area contributed by atoms with E-state index in [2.05, 4.69) is 30.5 Å². The van der Waals surface area contributed by atoms with Gasteiger partial charge in [0.05, 0.1) is 5.52 Å². The van der Waals surface area contributed by atoms with Crippen LogP contribution in [0.25, 0.3) is 22.2 Å². The van der Waals surface area contributed by atoms with Gasteiger partial charge in [0.25, 0.3) is 0 Å². The molecule has 4 rings (SSSR count). The maximum atomic E-state index is 13.0. The number of hydrogen-bond donors (Lipinski definition) is 2. The van der Waals surface area contributed by atoms with Gasteiger partial charge in [0.15, 0.2) is 0 Å². The van der Waals surface area contributed by atoms with Gasteiger partial charge >= 0.3 is 6.03 Å². The molecule has 0 fully saturated rings. The van der Waals surface area contributed by atoms with Crippen molar-refractivity contribution in [2.75, 3.05) is 5.32 Å². The first-order valence-electron chi connectivity index (χ1n) is 9.37. The SMILES string of the molecule is Cc1cc(-c2n[nH]c3cc(NC(=O)N=CC(C)c4ccc(F)cc4)ncc23)ccn1. The Balaban J connectivity index is 1.47. The molecule has 7 nitrogen and oxygen atoms in total. The molecule has 1 aromatic carbocycles. The molecule has 0 radical (unpaired) electrons. The molecular weight excluding hydrogens is 383 g/mol. The predicted molar refractivity (Wildman–Crippen MR) is 114 cm³/mol. The predicted octanol–water partition coefficient (Wildman–Crippen LogP) is 4.87. The van der Waals surface area contributed by atoms with E-state index in [1.54, 1.807) is 30.6 Å². The molecule has 30 heavy (non-hydrogen) atoms. The van der Waals surface area contributed by atoms with E-state index in [9.17, 15) is 9.18 Å². The number of rotatable bonds is 4. The van der Waals surface area contributed by atoms with Crippen LogP contribution in [0.2, 0.25) is 0 Å². The summed E-state index contributed by atoms with van der Waals surface area (Å²) >= 11 is 0. The minimum absolute atomic E-state index is 0.134. The van der Waals surface area contributed by atoms with Crippen molar-refractivity contribution in [3.05, 3.63) is 71.9 Å². The van der Waals surface area contributed by atoms with Gasteiger partial charge in [-0.25, -0.2) is 19.2 Å². The fourth-order valence-electron chi connectivity index (χ4n) is 3.07. The molecule has 2 amide bonds. The highest BCUT2D eigenvalue weighted by Crippen LogP contribution is 2.27. The molecule has 0 saturated heterocycles. The number of urea groups is 1. The van der Waals surface area contributed by atoms with E-state index in [4.69, 9.17) is 0 Å². The van der Waals surface area contributed by atoms with Crippen LogP contribution in [-0.4, -0.2) is 32.4 Å². The second-order valence-electron chi connectivity index (χ2n) is 6.92. The summed E-state index contributed by atoms with van der Waals surface area (Å²) in [6.45, 7) is 3.79. The normalized spacial score (nSPS) is 12.4. The number of benzene rings is 1. The Morgan fingerprint density at radius 2 is 2.00 bits per heavy atom. The number of pyridine rings is 2. The molecule has 150 valence electrons. The van der Waals surface area contributed by atoms with Crippen molar-refractivity contribution in [1.29, 1.82) is 0 Å². The molecule has 0 spiro atoms. The zero-order valence-corrected chi connectivity index (χ0v) is 16.4. The molecule has 4 aromatic rings. The third kappa shape index (κ3) is 4.22. The van der Waals surface area contributed by atoms with Gasteiger partial charge in [-0.15, -0.1) is 0 Å². The Bertz CT molecular complexity index is 1230. The maximum Gasteiger partial charge on any atom is 0.346 e. The van der Waals surface area contributed by atoms with Crippen molar-refractivity contribution >= 4 is 29.0 Å². The molecule has 0 saturated carbocycles. The molecule has 8 heteroatoms. The summed E-state index contributed by atoms with van der Waals surface area (Å²) in [5.74, 6) is -0.0749. The van der Waals surface area contributed by atoms with E-state index in [1.807, 2.05) is 26.0 Å². The van der Waals surface area contributed by atoms with Crippen molar-refractivity contribution in [2.45, 2.75) is 19.8 Å². The minimum atomic E-state index is -0.541. The van der Waals surface area contributed by atoms with Crippen molar-refractivity contribution in [1.82, 2.24) is 20.2 Å². The number of halogens is 1. The van der Waals surface area contributed by atoms with Crippen LogP contribution in [0.1, 0.15) is 24.1 Å². The van der Waals surface area contributed by atoms with Crippen LogP contribution in [0.15, 0.2) is 59.9 Å². The number of aromatic amines is 1. The Morgan fingerprint density at radius 3 is 2.77 bits per heavy atom. The van der Waals surface area contributed by atoms with Crippen LogP contribution in [-0.2, 0) is 0 Å². The number of fused-ring (bicyclic) bond motifs is 1. The second-order valence-corrected chi connectivity index (χ2v) is 6.92. The number of aryl methyl sites for hydroxylation is 1. The first kappa shape index (κ1) is 19.4. The summed E-state index contributed by atoms with van der Waals surface area (Å²) in [4.78, 5) is 24.6. The lowest BCUT2D eigenvalue weighted by atomic mass is 10.0. The summed E-state index contributed by atoms with van der Waals surface area (Å²) in [5, 5.41) is 10.8. The maximum absolute atomic E-state index is 13.0. The van der Waals surface area contributed by atoms with Crippen LogP contribution in [0.5, 0.6) is 0 Å². The van der Waals surface area contributed by atoms with Crippen molar-refractivity contribution in [2.24, 2.45) is 4.99 Å². The third-order valence-electron chi connectivity index (χ3n) is 4.66. The highest BCUT2D eigenvalue weighted by atomic mass is 19.1. The van der Waals surface area contributed by atoms with E-state index in [0.717, 1.165) is 33.4 Å². The summed E-state index contributed by atoms with van der Waals surface area (Å²) in [7, 11) is 0. The zero-order valence-electron chi connectivity index (χ0n) is 16.4. The molecule has 0 aliphatic carbocycles. The Hall–Kier alpha value is -3.94. The monoisotopic (exact) mass is 402 g/mol. The molecule has 0 bridgehead atoms. The van der Waals surface area contributed by atoms with E-state index >= 15 is 0 Å². The molecule has 3 aromatic heterocycles. The number of hydrogen-bond acceptors (Lipinski definition) is 4. The second kappa shape index (κ2) is 8.20. The average molecular weight is 402 g/mol. The molecule has 0 aliphatic heterocycles. The highest BCUT2D eigenvalue weighted by molar-refractivity contribution is 5.98. The Morgan fingerprint density at radius 1 is 1.20 bits per heavy atom. The van der Waals surface area contributed by atoms with E-state index in [0.29, 0.717) is 5.82 Å². The Labute approximate surface area is 172 Å². The molecule has 3 heterocycles. The van der Waals surface area contributed by atoms with Crippen molar-refractivity contribution in [3.8, 4) is 11.3 Å². The summed E-state index contributed by atoms with van der Waals surface area (Å²) < 4.78 is 13.0. The first-order valence-corrected chi connectivity index (χ1v) is 9.37. The van der Waals surface area contributed by atoms with Gasteiger partial charge < -0.3 is 0 Å². The van der Waals surface area contributed by atoms with Gasteiger partial charge in [0.2, 0.25) is 0 Å². The van der Waals surface area contributed by atoms with Gasteiger partial charge in [-0.3, -0.25) is 15.4 Å². The number of nitrogens with zero attached hydrogens (tertiary/aromatic N) is 4. The van der Waals surface area contributed by atoms with Crippen LogP contribution in [0, 0.1) is 12.7 Å². The number of nitrogens with one attached hydrogen (secondary N) is 2. The van der Waals surface area contributed by atoms with Crippen molar-refractivity contribution < 1.29 is 9.18 Å². The summed E-state index contributed by atoms with van der Waals surface area (Å²) in [6, 6.07) is 11.1. The standard InChI is InChI=1S/C22H19FN6O/c1-13(15-3-5-17(23)6-4-15)11-26-22(30)27-20-10-19-18(12-25-20)21(29-28-19)16-7-8-24-14(2)9-16/h3-13H,1-2H3,(H,28,29)(H,25,27,30). The fraction of sp³-hybridized carbons (Fsp3) is 0.136. The van der Waals surface area contributed by atoms with Gasteiger partial charge in [-0.1, -0.05) is 19.1 Å². The lowest BCUT2D eigenvalue weighted by Gasteiger charge is -2.06. The van der Waals surface area contributed by atoms with E-state index < -0.39 is 6.03 Å². The van der Waals surface area contributed by atoms with Crippen LogP contribution in [0.4, 0.5) is 15.0 Å².